The van der Waals surface area contributed by atoms with E-state index in [2.05, 4.69) is 120 Å². The van der Waals surface area contributed by atoms with Gasteiger partial charge in [-0.15, -0.1) is 0 Å². The van der Waals surface area contributed by atoms with Gasteiger partial charge in [0.2, 0.25) is 0 Å². The summed E-state index contributed by atoms with van der Waals surface area (Å²) in [5.74, 6) is 2.58. The fourth-order valence-electron chi connectivity index (χ4n) is 4.63. The minimum atomic E-state index is -2.78. The Bertz CT molecular complexity index is 890. The van der Waals surface area contributed by atoms with E-state index in [9.17, 15) is 0 Å². The van der Waals surface area contributed by atoms with E-state index in [4.69, 9.17) is 0 Å². The first-order chi connectivity index (χ1) is 13.2. The van der Waals surface area contributed by atoms with Crippen molar-refractivity contribution in [1.82, 2.24) is 0 Å². The molecule has 0 aliphatic carbocycles. The zero-order chi connectivity index (χ0) is 18.8. The molecule has 0 nitrogen and oxygen atoms in total. The van der Waals surface area contributed by atoms with Gasteiger partial charge in [0.25, 0.3) is 0 Å². The van der Waals surface area contributed by atoms with E-state index in [1.54, 1.807) is 0 Å². The fourth-order valence-corrected chi connectivity index (χ4v) is 13.7. The van der Waals surface area contributed by atoms with Crippen molar-refractivity contribution in [2.45, 2.75) is 30.8 Å². The van der Waals surface area contributed by atoms with Gasteiger partial charge >= 0.3 is 172 Å². The van der Waals surface area contributed by atoms with Crippen LogP contribution in [0.15, 0.2) is 96.8 Å². The molecule has 4 rings (SSSR count). The third-order valence-electron chi connectivity index (χ3n) is 6.09. The summed E-state index contributed by atoms with van der Waals surface area (Å²) in [7, 11) is 0. The first-order valence-corrected chi connectivity index (χ1v) is 13.0. The van der Waals surface area contributed by atoms with Crippen molar-refractivity contribution in [3.05, 3.63) is 102 Å². The van der Waals surface area contributed by atoms with E-state index in [-0.39, 0.29) is 0 Å². The predicted molar refractivity (Wildman–Crippen MR) is 126 cm³/mol. The van der Waals surface area contributed by atoms with Crippen molar-refractivity contribution in [1.29, 1.82) is 0 Å². The number of aryl methyl sites for hydroxylation is 1. The Hall–Kier alpha value is -1.69. The van der Waals surface area contributed by atoms with E-state index < -0.39 is 6.60 Å². The van der Waals surface area contributed by atoms with E-state index >= 15 is 0 Å². The maximum absolute atomic E-state index is 4.22. The van der Waals surface area contributed by atoms with Gasteiger partial charge in [-0.3, -0.25) is 0 Å². The molecule has 138 valence electrons. The predicted octanol–water partition coefficient (Wildman–Crippen LogP) is 6.11. The minimum absolute atomic E-state index is 0.394. The van der Waals surface area contributed by atoms with Gasteiger partial charge in [0.1, 0.15) is 0 Å². The molecule has 0 N–H and O–H groups in total. The zero-order valence-electron chi connectivity index (χ0n) is 15.8. The van der Waals surface area contributed by atoms with E-state index in [0.717, 1.165) is 19.3 Å². The Balaban J connectivity index is 2.16. The monoisotopic (exact) mass is 436 g/mol. The first-order valence-electron chi connectivity index (χ1n) is 9.76. The summed E-state index contributed by atoms with van der Waals surface area (Å²) in [6.45, 7) is -0.558. The summed E-state index contributed by atoms with van der Waals surface area (Å²) < 4.78 is 0.394. The van der Waals surface area contributed by atoms with Crippen molar-refractivity contribution < 1.29 is 0 Å². The van der Waals surface area contributed by atoms with Gasteiger partial charge in [-0.2, -0.15) is 0 Å². The van der Waals surface area contributed by atoms with Crippen LogP contribution >= 0.6 is 22.5 Å². The zero-order valence-corrected chi connectivity index (χ0v) is 18.2. The molecule has 0 bridgehead atoms. The summed E-state index contributed by atoms with van der Waals surface area (Å²) in [6.07, 6.45) is 5.76. The average molecular weight is 437 g/mol. The summed E-state index contributed by atoms with van der Waals surface area (Å²) in [5.41, 5.74) is 1.39. The topological polar surface area (TPSA) is 0 Å². The Morgan fingerprint density at radius 1 is 0.778 bits per heavy atom. The molecule has 1 aliphatic rings. The van der Waals surface area contributed by atoms with Crippen molar-refractivity contribution in [2.75, 3.05) is 0 Å². The molecular weight excluding hydrogens is 411 g/mol. The quantitative estimate of drug-likeness (QED) is 0.342. The van der Waals surface area contributed by atoms with Gasteiger partial charge in [-0.1, -0.05) is 0 Å². The van der Waals surface area contributed by atoms with Crippen molar-refractivity contribution >= 4 is 38.4 Å². The molecule has 0 saturated heterocycles. The van der Waals surface area contributed by atoms with Gasteiger partial charge < -0.3 is 0 Å². The van der Waals surface area contributed by atoms with Crippen molar-refractivity contribution in [2.24, 2.45) is 0 Å². The van der Waals surface area contributed by atoms with Gasteiger partial charge in [0.15, 0.2) is 0 Å². The van der Waals surface area contributed by atoms with E-state index in [1.165, 1.54) is 21.5 Å². The van der Waals surface area contributed by atoms with Crippen LogP contribution in [-0.4, -0.2) is 4.57 Å². The van der Waals surface area contributed by atoms with Crippen molar-refractivity contribution in [3.8, 4) is 0 Å². The van der Waals surface area contributed by atoms with Crippen LogP contribution in [0.5, 0.6) is 0 Å². The SMILES string of the molecule is CCc1ccc(P2(c3ccccc3)(c3ccccc3)C=CCCC2Br)cc1. The van der Waals surface area contributed by atoms with Crippen LogP contribution in [0.1, 0.15) is 25.3 Å². The third-order valence-corrected chi connectivity index (χ3v) is 15.6. The number of alkyl halides is 1. The summed E-state index contributed by atoms with van der Waals surface area (Å²) in [4.78, 5) is 0. The molecule has 0 spiro atoms. The van der Waals surface area contributed by atoms with Gasteiger partial charge in [0, 0.05) is 0 Å². The third kappa shape index (κ3) is 2.67. The molecule has 27 heavy (non-hydrogen) atoms. The van der Waals surface area contributed by atoms with Crippen LogP contribution in [0.4, 0.5) is 0 Å². The molecule has 3 aromatic carbocycles. The molecule has 1 aliphatic heterocycles. The second-order valence-electron chi connectivity index (χ2n) is 7.35. The van der Waals surface area contributed by atoms with Crippen LogP contribution in [-0.2, 0) is 6.42 Å². The molecule has 0 amide bonds. The number of halogens is 1. The summed E-state index contributed by atoms with van der Waals surface area (Å²) in [6, 6.07) is 31.8. The standard InChI is InChI=1S/C25H26BrP/c1-2-21-16-18-24(19-17-21)27(20-10-9-15-25(27)26,22-11-5-3-6-12-22)23-13-7-4-8-14-23/h3-8,10-14,16-20,25H,2,9,15H2,1H3. The van der Waals surface area contributed by atoms with Crippen LogP contribution in [0.3, 0.4) is 0 Å². The molecule has 0 saturated carbocycles. The molecule has 1 atom stereocenters. The van der Waals surface area contributed by atoms with E-state index in [0.29, 0.717) is 4.57 Å². The van der Waals surface area contributed by atoms with Gasteiger partial charge in [-0.25, -0.2) is 0 Å². The second kappa shape index (κ2) is 7.38. The number of hydrogen-bond acceptors (Lipinski definition) is 0. The number of allylic oxidation sites excluding steroid dienone is 1. The first kappa shape index (κ1) is 18.7. The molecule has 1 heterocycles. The summed E-state index contributed by atoms with van der Waals surface area (Å²) >= 11 is 4.22. The molecule has 1 unspecified atom stereocenters. The number of rotatable bonds is 4. The number of benzene rings is 3. The van der Waals surface area contributed by atoms with E-state index in [1.807, 2.05) is 0 Å². The fraction of sp³-hybridized carbons (Fsp3) is 0.200. The van der Waals surface area contributed by atoms with Crippen LogP contribution in [0.25, 0.3) is 0 Å². The Labute approximate surface area is 171 Å². The molecule has 0 fully saturated rings. The maximum atomic E-state index is 4.22. The van der Waals surface area contributed by atoms with Gasteiger partial charge in [0.05, 0.1) is 0 Å². The molecular formula is C25H26BrP. The summed E-state index contributed by atoms with van der Waals surface area (Å²) in [5, 5.41) is 4.34. The Morgan fingerprint density at radius 3 is 1.78 bits per heavy atom. The molecule has 2 heteroatoms. The van der Waals surface area contributed by atoms with Crippen LogP contribution in [0.2, 0.25) is 0 Å². The molecule has 3 aromatic rings. The number of hydrogen-bond donors (Lipinski definition) is 0. The van der Waals surface area contributed by atoms with Crippen molar-refractivity contribution in [3.63, 3.8) is 0 Å². The molecule has 0 aromatic heterocycles. The second-order valence-corrected chi connectivity index (χ2v) is 14.1. The van der Waals surface area contributed by atoms with Crippen LogP contribution < -0.4 is 15.9 Å². The molecule has 0 radical (unpaired) electrons. The average Bonchev–Trinajstić information content (AvgIpc) is 2.76. The van der Waals surface area contributed by atoms with Gasteiger partial charge in [-0.05, 0) is 0 Å². The normalized spacial score (nSPS) is 21.9. The Morgan fingerprint density at radius 2 is 1.30 bits per heavy atom. The van der Waals surface area contributed by atoms with Crippen LogP contribution in [0, 0.1) is 0 Å². The Kier molecular flexibility index (Phi) is 5.10.